The third-order valence-electron chi connectivity index (χ3n) is 4.04. The predicted octanol–water partition coefficient (Wildman–Crippen LogP) is 2.28. The second-order valence-corrected chi connectivity index (χ2v) is 6.17. The van der Waals surface area contributed by atoms with Crippen molar-refractivity contribution in [2.75, 3.05) is 24.6 Å². The first-order valence-corrected chi connectivity index (χ1v) is 7.22. The molecule has 3 heterocycles. The fourth-order valence-corrected chi connectivity index (χ4v) is 2.91. The number of carbonyl (C=O) groups is 1. The highest BCUT2D eigenvalue weighted by Gasteiger charge is 2.41. The van der Waals surface area contributed by atoms with Crippen LogP contribution in [0.2, 0.25) is 0 Å². The summed E-state index contributed by atoms with van der Waals surface area (Å²) in [6.07, 6.45) is 2.02. The maximum atomic E-state index is 11.9. The molecule has 20 heavy (non-hydrogen) atoms. The Kier molecular flexibility index (Phi) is 3.38. The van der Waals surface area contributed by atoms with E-state index in [2.05, 4.69) is 11.4 Å². The van der Waals surface area contributed by atoms with Crippen LogP contribution in [0.25, 0.3) is 0 Å². The largest absolute Gasteiger partial charge is 0.447 e. The quantitative estimate of drug-likeness (QED) is 0.899. The summed E-state index contributed by atoms with van der Waals surface area (Å²) >= 11 is 0. The molecule has 0 aromatic carbocycles. The molecule has 1 atom stereocenters. The Morgan fingerprint density at radius 2 is 2.30 bits per heavy atom. The number of anilines is 1. The molecule has 1 N–H and O–H groups in total. The summed E-state index contributed by atoms with van der Waals surface area (Å²) in [4.78, 5) is 18.3. The van der Waals surface area contributed by atoms with Gasteiger partial charge in [0.05, 0.1) is 5.54 Å². The molecule has 0 unspecified atom stereocenters. The first kappa shape index (κ1) is 13.4. The number of cyclic esters (lactones) is 1. The van der Waals surface area contributed by atoms with Crippen LogP contribution in [0, 0.1) is 0 Å². The number of aromatic nitrogens is 1. The van der Waals surface area contributed by atoms with Crippen molar-refractivity contribution >= 4 is 11.9 Å². The normalized spacial score (nSPS) is 25.6. The Morgan fingerprint density at radius 1 is 1.45 bits per heavy atom. The van der Waals surface area contributed by atoms with E-state index in [4.69, 9.17) is 9.72 Å². The molecule has 2 aliphatic rings. The first-order valence-electron chi connectivity index (χ1n) is 7.22. The molecule has 0 saturated carbocycles. The fourth-order valence-electron chi connectivity index (χ4n) is 2.91. The van der Waals surface area contributed by atoms with E-state index >= 15 is 0 Å². The van der Waals surface area contributed by atoms with Crippen molar-refractivity contribution in [2.45, 2.75) is 38.1 Å². The molecule has 1 aromatic rings. The smallest absolute Gasteiger partial charge is 0.416 e. The number of hydrogen-bond acceptors (Lipinski definition) is 4. The summed E-state index contributed by atoms with van der Waals surface area (Å²) in [7, 11) is 0. The lowest BCUT2D eigenvalue weighted by atomic mass is 9.95. The van der Waals surface area contributed by atoms with Gasteiger partial charge in [0.2, 0.25) is 0 Å². The molecule has 5 heteroatoms. The molecule has 108 valence electrons. The summed E-state index contributed by atoms with van der Waals surface area (Å²) in [5.41, 5.74) is 0.721. The number of nitrogens with one attached hydrogen (secondary N) is 1. The molecule has 1 amide bonds. The molecule has 5 nitrogen and oxygen atoms in total. The monoisotopic (exact) mass is 275 g/mol. The Bertz CT molecular complexity index is 510. The second-order valence-electron chi connectivity index (χ2n) is 6.17. The number of carbonyl (C=O) groups excluding carboxylic acids is 1. The van der Waals surface area contributed by atoms with Crippen LogP contribution in [0.1, 0.15) is 38.3 Å². The third-order valence-corrected chi connectivity index (χ3v) is 4.04. The number of amides is 1. The molecule has 0 aliphatic carbocycles. The van der Waals surface area contributed by atoms with Gasteiger partial charge in [0.1, 0.15) is 12.4 Å². The van der Waals surface area contributed by atoms with E-state index in [-0.39, 0.29) is 11.6 Å². The fraction of sp³-hybridized carbons (Fsp3) is 0.600. The summed E-state index contributed by atoms with van der Waals surface area (Å²) in [5.74, 6) is 1.13. The molecule has 2 saturated heterocycles. The number of hydrogen-bond donors (Lipinski definition) is 1. The minimum absolute atomic E-state index is 0.304. The van der Waals surface area contributed by atoms with Gasteiger partial charge in [-0.3, -0.25) is 4.90 Å². The van der Waals surface area contributed by atoms with Gasteiger partial charge < -0.3 is 10.1 Å². The number of pyridine rings is 1. The van der Waals surface area contributed by atoms with E-state index in [1.165, 1.54) is 6.42 Å². The highest BCUT2D eigenvalue weighted by atomic mass is 16.6. The zero-order valence-corrected chi connectivity index (χ0v) is 12.1. The standard InChI is InChI=1S/C15H21N3O2/c1-15(2)10-20-14(19)18(15)13-7-3-6-12(17-13)11-5-4-8-16-9-11/h3,6-7,11,16H,4-5,8-10H2,1-2H3/t11-/m0/s1. The van der Waals surface area contributed by atoms with Gasteiger partial charge in [0.25, 0.3) is 0 Å². The SMILES string of the molecule is CC1(C)COC(=O)N1c1cccc([C@H]2CCCNC2)n1. The summed E-state index contributed by atoms with van der Waals surface area (Å²) in [6.45, 7) is 6.44. The van der Waals surface area contributed by atoms with E-state index in [1.54, 1.807) is 4.90 Å². The zero-order valence-electron chi connectivity index (χ0n) is 12.1. The minimum Gasteiger partial charge on any atom is -0.447 e. The van der Waals surface area contributed by atoms with Crippen LogP contribution in [0.5, 0.6) is 0 Å². The number of piperidine rings is 1. The molecule has 0 bridgehead atoms. The van der Waals surface area contributed by atoms with Gasteiger partial charge in [-0.05, 0) is 45.4 Å². The van der Waals surface area contributed by atoms with E-state index < -0.39 is 0 Å². The lowest BCUT2D eigenvalue weighted by Crippen LogP contribution is -2.42. The van der Waals surface area contributed by atoms with Crippen molar-refractivity contribution in [3.8, 4) is 0 Å². The number of rotatable bonds is 2. The van der Waals surface area contributed by atoms with E-state index in [9.17, 15) is 4.79 Å². The highest BCUT2D eigenvalue weighted by molar-refractivity contribution is 5.90. The van der Waals surface area contributed by atoms with Crippen LogP contribution >= 0.6 is 0 Å². The first-order chi connectivity index (χ1) is 9.58. The molecular weight excluding hydrogens is 254 g/mol. The molecule has 0 radical (unpaired) electrons. The lowest BCUT2D eigenvalue weighted by Gasteiger charge is -2.28. The second kappa shape index (κ2) is 5.05. The maximum absolute atomic E-state index is 11.9. The Labute approximate surface area is 119 Å². The highest BCUT2D eigenvalue weighted by Crippen LogP contribution is 2.30. The van der Waals surface area contributed by atoms with Gasteiger partial charge in [0, 0.05) is 18.2 Å². The van der Waals surface area contributed by atoms with Crippen molar-refractivity contribution in [2.24, 2.45) is 0 Å². The van der Waals surface area contributed by atoms with Crippen LogP contribution in [0.3, 0.4) is 0 Å². The van der Waals surface area contributed by atoms with Crippen molar-refractivity contribution in [1.82, 2.24) is 10.3 Å². The van der Waals surface area contributed by atoms with Crippen molar-refractivity contribution in [3.63, 3.8) is 0 Å². The van der Waals surface area contributed by atoms with E-state index in [1.807, 2.05) is 26.0 Å². The Balaban J connectivity index is 1.89. The molecule has 2 fully saturated rings. The topological polar surface area (TPSA) is 54.5 Å². The van der Waals surface area contributed by atoms with Crippen LogP contribution in [0.4, 0.5) is 10.6 Å². The van der Waals surface area contributed by atoms with Crippen molar-refractivity contribution in [1.29, 1.82) is 0 Å². The average Bonchev–Trinajstić information content (AvgIpc) is 2.73. The van der Waals surface area contributed by atoms with Crippen LogP contribution < -0.4 is 10.2 Å². The van der Waals surface area contributed by atoms with Gasteiger partial charge >= 0.3 is 6.09 Å². The predicted molar refractivity (Wildman–Crippen MR) is 77.0 cm³/mol. The molecule has 2 aliphatic heterocycles. The van der Waals surface area contributed by atoms with Crippen LogP contribution in [-0.4, -0.2) is 36.3 Å². The van der Waals surface area contributed by atoms with Gasteiger partial charge in [-0.25, -0.2) is 9.78 Å². The summed E-state index contributed by atoms with van der Waals surface area (Å²) in [6, 6.07) is 5.91. The molecule has 0 spiro atoms. The zero-order chi connectivity index (χ0) is 14.2. The molecule has 1 aromatic heterocycles. The van der Waals surface area contributed by atoms with Gasteiger partial charge in [-0.2, -0.15) is 0 Å². The maximum Gasteiger partial charge on any atom is 0.416 e. The minimum atomic E-state index is -0.340. The average molecular weight is 275 g/mol. The van der Waals surface area contributed by atoms with Gasteiger partial charge in [-0.1, -0.05) is 6.07 Å². The van der Waals surface area contributed by atoms with Crippen molar-refractivity contribution in [3.05, 3.63) is 23.9 Å². The lowest BCUT2D eigenvalue weighted by molar-refractivity contribution is 0.175. The number of nitrogens with zero attached hydrogens (tertiary/aromatic N) is 2. The van der Waals surface area contributed by atoms with Gasteiger partial charge in [0.15, 0.2) is 0 Å². The van der Waals surface area contributed by atoms with Crippen LogP contribution in [0.15, 0.2) is 18.2 Å². The Morgan fingerprint density at radius 3 is 2.95 bits per heavy atom. The van der Waals surface area contributed by atoms with E-state index in [0.717, 1.165) is 25.2 Å². The number of ether oxygens (including phenoxy) is 1. The summed E-state index contributed by atoms with van der Waals surface area (Å²) in [5, 5.41) is 3.40. The molecular formula is C15H21N3O2. The van der Waals surface area contributed by atoms with Gasteiger partial charge in [-0.15, -0.1) is 0 Å². The third kappa shape index (κ3) is 2.38. The Hall–Kier alpha value is -1.62. The summed E-state index contributed by atoms with van der Waals surface area (Å²) < 4.78 is 5.16. The van der Waals surface area contributed by atoms with Crippen LogP contribution in [-0.2, 0) is 4.74 Å². The van der Waals surface area contributed by atoms with Crippen molar-refractivity contribution < 1.29 is 9.53 Å². The molecule has 3 rings (SSSR count). The van der Waals surface area contributed by atoms with E-state index in [0.29, 0.717) is 18.3 Å².